The molecule has 0 aliphatic carbocycles. The van der Waals surface area contributed by atoms with Gasteiger partial charge in [-0.2, -0.15) is 16.8 Å². The van der Waals surface area contributed by atoms with Crippen LogP contribution in [-0.2, 0) is 20.2 Å². The second kappa shape index (κ2) is 13.2. The summed E-state index contributed by atoms with van der Waals surface area (Å²) in [5.41, 5.74) is 14.0. The predicted octanol–water partition coefficient (Wildman–Crippen LogP) is 8.17. The number of benzene rings is 6. The van der Waals surface area contributed by atoms with Crippen molar-refractivity contribution in [1.29, 1.82) is 0 Å². The van der Waals surface area contributed by atoms with Crippen molar-refractivity contribution in [2.24, 2.45) is 20.5 Å². The van der Waals surface area contributed by atoms with Gasteiger partial charge in [-0.05, 0) is 58.3 Å². The molecule has 0 aliphatic heterocycles. The molecule has 6 aromatic rings. The molecule has 0 radical (unpaired) electrons. The Morgan fingerprint density at radius 2 is 0.920 bits per heavy atom. The molecule has 16 heteroatoms. The average molecular weight is 713 g/mol. The molecule has 50 heavy (non-hydrogen) atoms. The lowest BCUT2D eigenvalue weighted by Gasteiger charge is -2.12. The number of ether oxygens (including phenoxy) is 2. The normalized spacial score (nSPS) is 12.3. The summed E-state index contributed by atoms with van der Waals surface area (Å²) in [5.74, 6) is 0.567. The van der Waals surface area contributed by atoms with E-state index < -0.39 is 30.0 Å². The van der Waals surface area contributed by atoms with Crippen molar-refractivity contribution in [3.05, 3.63) is 97.1 Å². The molecule has 0 aromatic heterocycles. The van der Waals surface area contributed by atoms with Crippen molar-refractivity contribution in [1.82, 2.24) is 0 Å². The first-order valence-corrected chi connectivity index (χ1v) is 17.5. The zero-order valence-corrected chi connectivity index (χ0v) is 28.0. The molecule has 0 amide bonds. The van der Waals surface area contributed by atoms with E-state index in [0.717, 1.165) is 0 Å². The number of hydrogen-bond donors (Lipinski definition) is 4. The van der Waals surface area contributed by atoms with Crippen molar-refractivity contribution in [2.45, 2.75) is 9.79 Å². The van der Waals surface area contributed by atoms with Crippen molar-refractivity contribution in [3.63, 3.8) is 0 Å². The first kappa shape index (κ1) is 33.9. The molecular formula is C34H28N6O8S2. The predicted molar refractivity (Wildman–Crippen MR) is 190 cm³/mol. The van der Waals surface area contributed by atoms with Crippen LogP contribution >= 0.6 is 0 Å². The van der Waals surface area contributed by atoms with Gasteiger partial charge in [-0.1, -0.05) is 60.7 Å². The number of methoxy groups -OCH3 is 2. The van der Waals surface area contributed by atoms with Crippen molar-refractivity contribution in [3.8, 4) is 22.6 Å². The lowest BCUT2D eigenvalue weighted by molar-refractivity contribution is 0.415. The molecule has 0 bridgehead atoms. The third-order valence-electron chi connectivity index (χ3n) is 7.82. The van der Waals surface area contributed by atoms with E-state index in [4.69, 9.17) is 20.9 Å². The van der Waals surface area contributed by atoms with E-state index in [2.05, 4.69) is 20.5 Å². The first-order chi connectivity index (χ1) is 23.8. The number of nitrogen functional groups attached to an aromatic ring is 2. The highest BCUT2D eigenvalue weighted by Gasteiger charge is 2.22. The molecular weight excluding hydrogens is 685 g/mol. The Balaban J connectivity index is 1.35. The van der Waals surface area contributed by atoms with Crippen LogP contribution in [0.5, 0.6) is 11.5 Å². The van der Waals surface area contributed by atoms with Gasteiger partial charge in [0.15, 0.2) is 0 Å². The molecule has 6 aromatic carbocycles. The lowest BCUT2D eigenvalue weighted by atomic mass is 10.0. The molecule has 0 heterocycles. The number of fused-ring (bicyclic) bond motifs is 2. The Kier molecular flexibility index (Phi) is 8.94. The van der Waals surface area contributed by atoms with Gasteiger partial charge in [0.05, 0.1) is 25.6 Å². The van der Waals surface area contributed by atoms with Crippen LogP contribution in [0.1, 0.15) is 0 Å². The van der Waals surface area contributed by atoms with Crippen LogP contribution in [0.4, 0.5) is 34.1 Å². The van der Waals surface area contributed by atoms with Gasteiger partial charge in [0, 0.05) is 10.8 Å². The van der Waals surface area contributed by atoms with E-state index in [1.807, 2.05) is 0 Å². The third-order valence-corrected chi connectivity index (χ3v) is 9.55. The molecule has 14 nitrogen and oxygen atoms in total. The number of nitrogens with two attached hydrogens (primary N) is 2. The van der Waals surface area contributed by atoms with E-state index in [-0.39, 0.29) is 45.6 Å². The first-order valence-electron chi connectivity index (χ1n) is 14.6. The maximum atomic E-state index is 12.2. The summed E-state index contributed by atoms with van der Waals surface area (Å²) in [6.07, 6.45) is 0. The van der Waals surface area contributed by atoms with Crippen LogP contribution in [0.3, 0.4) is 0 Å². The van der Waals surface area contributed by atoms with Gasteiger partial charge in [0.25, 0.3) is 20.2 Å². The quantitative estimate of drug-likeness (QED) is 0.0638. The summed E-state index contributed by atoms with van der Waals surface area (Å²) >= 11 is 0. The van der Waals surface area contributed by atoms with Crippen molar-refractivity contribution < 1.29 is 35.4 Å². The van der Waals surface area contributed by atoms with Crippen LogP contribution in [0.15, 0.2) is 127 Å². The molecule has 6 rings (SSSR count). The maximum absolute atomic E-state index is 12.2. The van der Waals surface area contributed by atoms with Crippen LogP contribution in [0.2, 0.25) is 0 Å². The van der Waals surface area contributed by atoms with Gasteiger partial charge in [-0.25, -0.2) is 0 Å². The zero-order valence-electron chi connectivity index (χ0n) is 26.3. The Morgan fingerprint density at radius 1 is 0.540 bits per heavy atom. The summed E-state index contributed by atoms with van der Waals surface area (Å²) in [6.45, 7) is 0. The lowest BCUT2D eigenvalue weighted by Crippen LogP contribution is -2.01. The van der Waals surface area contributed by atoms with E-state index in [9.17, 15) is 25.9 Å². The summed E-state index contributed by atoms with van der Waals surface area (Å²) < 4.78 is 79.7. The minimum Gasteiger partial charge on any atom is -0.494 e. The smallest absolute Gasteiger partial charge is 0.296 e. The van der Waals surface area contributed by atoms with Gasteiger partial charge in [0.1, 0.15) is 44.0 Å². The fourth-order valence-corrected chi connectivity index (χ4v) is 6.71. The van der Waals surface area contributed by atoms with Gasteiger partial charge >= 0.3 is 0 Å². The second-order valence-electron chi connectivity index (χ2n) is 10.8. The number of rotatable bonds is 9. The molecule has 0 spiro atoms. The van der Waals surface area contributed by atoms with E-state index >= 15 is 0 Å². The molecule has 0 unspecified atom stereocenters. The van der Waals surface area contributed by atoms with E-state index in [0.29, 0.717) is 32.7 Å². The number of azo groups is 2. The van der Waals surface area contributed by atoms with Crippen LogP contribution in [0, 0.1) is 0 Å². The van der Waals surface area contributed by atoms with Gasteiger partial charge in [-0.15, -0.1) is 20.5 Å². The number of anilines is 2. The molecule has 0 fully saturated rings. The SMILES string of the molecule is COc1cc(-c2ccc(N=Nc3c(S(=O)(=O)O)cc4ccccc4c3N)c(OC)c2)ccc1N=Nc1c(S(=O)(=O)O)cc2ccccc2c1N. The minimum absolute atomic E-state index is 0.0249. The fraction of sp³-hybridized carbons (Fsp3) is 0.0588. The van der Waals surface area contributed by atoms with Gasteiger partial charge in [0.2, 0.25) is 0 Å². The Bertz CT molecular complexity index is 2430. The summed E-state index contributed by atoms with van der Waals surface area (Å²) in [7, 11) is -6.54. The zero-order chi connectivity index (χ0) is 35.8. The molecule has 0 saturated heterocycles. The fourth-order valence-electron chi connectivity index (χ4n) is 5.36. The van der Waals surface area contributed by atoms with E-state index in [1.165, 1.54) is 26.4 Å². The van der Waals surface area contributed by atoms with Crippen LogP contribution < -0.4 is 20.9 Å². The second-order valence-corrected chi connectivity index (χ2v) is 13.6. The highest BCUT2D eigenvalue weighted by Crippen LogP contribution is 2.42. The molecule has 0 atom stereocenters. The number of nitrogens with zero attached hydrogens (tertiary/aromatic N) is 4. The molecule has 0 saturated carbocycles. The van der Waals surface area contributed by atoms with Gasteiger partial charge < -0.3 is 20.9 Å². The topological polar surface area (TPSA) is 229 Å². The summed E-state index contributed by atoms with van der Waals surface area (Å²) in [4.78, 5) is -0.982. The summed E-state index contributed by atoms with van der Waals surface area (Å²) in [5, 5.41) is 18.7. The maximum Gasteiger partial charge on any atom is 0.296 e. The Hall–Kier alpha value is -5.94. The standard InChI is InChI=1S/C34H28N6O8S2/c1-47-27-15-19(11-13-25(27)37-39-33-29(49(41,42)43)17-21-7-3-5-9-23(21)31(33)35)20-12-14-26(28(16-20)48-2)38-40-34-30(50(44,45)46)18-22-8-4-6-10-24(22)32(34)36/h3-18H,35-36H2,1-2H3,(H,41,42,43)(H,44,45,46). The largest absolute Gasteiger partial charge is 0.494 e. The van der Waals surface area contributed by atoms with E-state index in [1.54, 1.807) is 84.9 Å². The summed E-state index contributed by atoms with van der Waals surface area (Å²) in [6, 6.07) is 26.1. The highest BCUT2D eigenvalue weighted by molar-refractivity contribution is 7.86. The minimum atomic E-state index is -4.70. The number of hydrogen-bond acceptors (Lipinski definition) is 12. The molecule has 0 aliphatic rings. The Morgan fingerprint density at radius 3 is 1.28 bits per heavy atom. The molecule has 254 valence electrons. The molecule has 6 N–H and O–H groups in total. The van der Waals surface area contributed by atoms with Gasteiger partial charge in [-0.3, -0.25) is 9.11 Å². The van der Waals surface area contributed by atoms with Crippen molar-refractivity contribution in [2.75, 3.05) is 25.7 Å². The highest BCUT2D eigenvalue weighted by atomic mass is 32.2. The third kappa shape index (κ3) is 6.55. The van der Waals surface area contributed by atoms with Crippen molar-refractivity contribution >= 4 is 75.9 Å². The van der Waals surface area contributed by atoms with Crippen LogP contribution in [-0.4, -0.2) is 40.2 Å². The Labute approximate surface area is 286 Å². The van der Waals surface area contributed by atoms with Crippen LogP contribution in [0.25, 0.3) is 32.7 Å². The monoisotopic (exact) mass is 712 g/mol. The average Bonchev–Trinajstić information content (AvgIpc) is 3.09.